The van der Waals surface area contributed by atoms with Gasteiger partial charge in [-0.1, -0.05) is 12.1 Å². The summed E-state index contributed by atoms with van der Waals surface area (Å²) in [7, 11) is 3.46. The van der Waals surface area contributed by atoms with Gasteiger partial charge in [0.2, 0.25) is 5.91 Å². The lowest BCUT2D eigenvalue weighted by Gasteiger charge is -2.23. The first-order valence-corrected chi connectivity index (χ1v) is 6.09. The molecule has 2 atom stereocenters. The normalized spacial score (nSPS) is 14.1. The predicted molar refractivity (Wildman–Crippen MR) is 72.6 cm³/mol. The quantitative estimate of drug-likeness (QED) is 0.857. The first kappa shape index (κ1) is 14.5. The fourth-order valence-electron chi connectivity index (χ4n) is 1.94. The monoisotopic (exact) mass is 250 g/mol. The van der Waals surface area contributed by atoms with Crippen LogP contribution in [0.4, 0.5) is 0 Å². The number of aryl methyl sites for hydroxylation is 1. The van der Waals surface area contributed by atoms with Crippen LogP contribution in [0.2, 0.25) is 0 Å². The van der Waals surface area contributed by atoms with Crippen molar-refractivity contribution in [2.24, 2.45) is 0 Å². The molecule has 0 radical (unpaired) electrons. The Kier molecular flexibility index (Phi) is 4.73. The summed E-state index contributed by atoms with van der Waals surface area (Å²) in [5, 5.41) is 13.1. The minimum absolute atomic E-state index is 0.0217. The molecule has 0 heterocycles. The summed E-state index contributed by atoms with van der Waals surface area (Å²) in [5.74, 6) is 0.285. The maximum atomic E-state index is 11.7. The van der Waals surface area contributed by atoms with Crippen molar-refractivity contribution in [1.82, 2.24) is 10.2 Å². The Morgan fingerprint density at radius 3 is 2.44 bits per heavy atom. The van der Waals surface area contributed by atoms with E-state index in [9.17, 15) is 9.90 Å². The van der Waals surface area contributed by atoms with Crippen LogP contribution in [0.1, 0.15) is 31.0 Å². The number of phenols is 1. The Bertz CT molecular complexity index is 430. The lowest BCUT2D eigenvalue weighted by Crippen LogP contribution is -2.42. The average molecular weight is 250 g/mol. The molecule has 0 fully saturated rings. The summed E-state index contributed by atoms with van der Waals surface area (Å²) >= 11 is 0. The Hall–Kier alpha value is -1.55. The second-order valence-electron chi connectivity index (χ2n) is 4.90. The Balaban J connectivity index is 2.76. The molecule has 1 aromatic carbocycles. The minimum Gasteiger partial charge on any atom is -0.508 e. The number of rotatable bonds is 4. The Morgan fingerprint density at radius 2 is 1.94 bits per heavy atom. The molecular formula is C14H22N2O2. The van der Waals surface area contributed by atoms with Crippen molar-refractivity contribution < 1.29 is 9.90 Å². The van der Waals surface area contributed by atoms with E-state index in [1.807, 2.05) is 32.9 Å². The molecule has 0 spiro atoms. The van der Waals surface area contributed by atoms with Gasteiger partial charge in [-0.25, -0.2) is 0 Å². The summed E-state index contributed by atoms with van der Waals surface area (Å²) < 4.78 is 0. The molecule has 4 heteroatoms. The van der Waals surface area contributed by atoms with Crippen LogP contribution in [-0.2, 0) is 4.79 Å². The number of carbonyl (C=O) groups is 1. The van der Waals surface area contributed by atoms with Crippen molar-refractivity contribution in [1.29, 1.82) is 0 Å². The number of aromatic hydroxyl groups is 1. The molecule has 0 saturated carbocycles. The van der Waals surface area contributed by atoms with Crippen molar-refractivity contribution in [3.05, 3.63) is 29.3 Å². The van der Waals surface area contributed by atoms with Crippen LogP contribution in [-0.4, -0.2) is 36.1 Å². The highest BCUT2D eigenvalue weighted by molar-refractivity contribution is 5.80. The summed E-state index contributed by atoms with van der Waals surface area (Å²) in [6, 6.07) is 5.20. The van der Waals surface area contributed by atoms with E-state index in [1.54, 1.807) is 25.1 Å². The van der Waals surface area contributed by atoms with Gasteiger partial charge in [-0.2, -0.15) is 0 Å². The third-order valence-electron chi connectivity index (χ3n) is 2.96. The number of hydrogen-bond donors (Lipinski definition) is 2. The van der Waals surface area contributed by atoms with E-state index in [-0.39, 0.29) is 23.7 Å². The molecular weight excluding hydrogens is 228 g/mol. The number of likely N-dealkylation sites (N-methyl/N-ethyl adjacent to an activating group) is 1. The molecule has 0 aromatic heterocycles. The van der Waals surface area contributed by atoms with Crippen LogP contribution in [0.5, 0.6) is 5.75 Å². The van der Waals surface area contributed by atoms with Crippen LogP contribution in [0, 0.1) is 6.92 Å². The number of phenolic OH excluding ortho intramolecular Hbond substituents is 1. The van der Waals surface area contributed by atoms with Crippen molar-refractivity contribution in [2.45, 2.75) is 32.9 Å². The first-order chi connectivity index (χ1) is 8.32. The summed E-state index contributed by atoms with van der Waals surface area (Å²) in [6.45, 7) is 5.69. The van der Waals surface area contributed by atoms with Gasteiger partial charge in [0.1, 0.15) is 5.75 Å². The molecule has 0 aliphatic carbocycles. The molecule has 1 aromatic rings. The number of nitrogens with zero attached hydrogens (tertiary/aromatic N) is 1. The molecule has 2 N–H and O–H groups in total. The Morgan fingerprint density at radius 1 is 1.33 bits per heavy atom. The van der Waals surface area contributed by atoms with Gasteiger partial charge < -0.3 is 10.0 Å². The second kappa shape index (κ2) is 5.87. The molecule has 0 bridgehead atoms. The lowest BCUT2D eigenvalue weighted by molar-refractivity contribution is -0.130. The van der Waals surface area contributed by atoms with Crippen molar-refractivity contribution in [3.63, 3.8) is 0 Å². The average Bonchev–Trinajstić information content (AvgIpc) is 2.27. The largest absolute Gasteiger partial charge is 0.508 e. The maximum absolute atomic E-state index is 11.7. The van der Waals surface area contributed by atoms with Crippen LogP contribution in [0.25, 0.3) is 0 Å². The first-order valence-electron chi connectivity index (χ1n) is 6.09. The van der Waals surface area contributed by atoms with Crippen LogP contribution in [0.3, 0.4) is 0 Å². The zero-order chi connectivity index (χ0) is 13.9. The molecule has 1 amide bonds. The highest BCUT2D eigenvalue weighted by atomic mass is 16.3. The van der Waals surface area contributed by atoms with Crippen molar-refractivity contribution in [3.8, 4) is 5.75 Å². The third-order valence-corrected chi connectivity index (χ3v) is 2.96. The number of amides is 1. The van der Waals surface area contributed by atoms with E-state index in [2.05, 4.69) is 5.32 Å². The number of nitrogens with one attached hydrogen (secondary N) is 1. The van der Waals surface area contributed by atoms with E-state index in [0.717, 1.165) is 11.1 Å². The third kappa shape index (κ3) is 3.47. The zero-order valence-corrected chi connectivity index (χ0v) is 11.7. The van der Waals surface area contributed by atoms with Gasteiger partial charge in [-0.15, -0.1) is 0 Å². The Labute approximate surface area is 109 Å². The van der Waals surface area contributed by atoms with E-state index < -0.39 is 0 Å². The fourth-order valence-corrected chi connectivity index (χ4v) is 1.94. The molecule has 0 saturated heterocycles. The van der Waals surface area contributed by atoms with Crippen LogP contribution < -0.4 is 5.32 Å². The SMILES string of the molecule is Cc1ccc(C(C)NC(C)C(=O)N(C)C)c(O)c1. The summed E-state index contributed by atoms with van der Waals surface area (Å²) in [6.07, 6.45) is 0. The maximum Gasteiger partial charge on any atom is 0.238 e. The van der Waals surface area contributed by atoms with Gasteiger partial charge in [0.25, 0.3) is 0 Å². The van der Waals surface area contributed by atoms with E-state index in [0.29, 0.717) is 0 Å². The van der Waals surface area contributed by atoms with E-state index in [1.165, 1.54) is 0 Å². The van der Waals surface area contributed by atoms with Gasteiger partial charge in [0.05, 0.1) is 6.04 Å². The standard InChI is InChI=1S/C14H22N2O2/c1-9-6-7-12(13(17)8-9)10(2)15-11(3)14(18)16(4)5/h6-8,10-11,15,17H,1-5H3. The molecule has 2 unspecified atom stereocenters. The van der Waals surface area contributed by atoms with Crippen LogP contribution in [0.15, 0.2) is 18.2 Å². The van der Waals surface area contributed by atoms with Gasteiger partial charge >= 0.3 is 0 Å². The summed E-state index contributed by atoms with van der Waals surface area (Å²) in [4.78, 5) is 13.3. The molecule has 100 valence electrons. The molecule has 0 aliphatic heterocycles. The topological polar surface area (TPSA) is 52.6 Å². The molecule has 1 rings (SSSR count). The van der Waals surface area contributed by atoms with Gasteiger partial charge in [0.15, 0.2) is 0 Å². The van der Waals surface area contributed by atoms with Crippen molar-refractivity contribution >= 4 is 5.91 Å². The van der Waals surface area contributed by atoms with E-state index in [4.69, 9.17) is 0 Å². The van der Waals surface area contributed by atoms with Gasteiger partial charge in [-0.3, -0.25) is 10.1 Å². The van der Waals surface area contributed by atoms with Gasteiger partial charge in [-0.05, 0) is 32.4 Å². The number of carbonyl (C=O) groups excluding carboxylic acids is 1. The smallest absolute Gasteiger partial charge is 0.238 e. The highest BCUT2D eigenvalue weighted by Crippen LogP contribution is 2.25. The van der Waals surface area contributed by atoms with E-state index >= 15 is 0 Å². The highest BCUT2D eigenvalue weighted by Gasteiger charge is 2.19. The molecule has 0 aliphatic rings. The summed E-state index contributed by atoms with van der Waals surface area (Å²) in [5.41, 5.74) is 1.82. The minimum atomic E-state index is -0.282. The van der Waals surface area contributed by atoms with Crippen molar-refractivity contribution in [2.75, 3.05) is 14.1 Å². The fraction of sp³-hybridized carbons (Fsp3) is 0.500. The molecule has 4 nitrogen and oxygen atoms in total. The molecule has 18 heavy (non-hydrogen) atoms. The van der Waals surface area contributed by atoms with Gasteiger partial charge in [0, 0.05) is 25.7 Å². The lowest BCUT2D eigenvalue weighted by atomic mass is 10.0. The van der Waals surface area contributed by atoms with Crippen LogP contribution >= 0.6 is 0 Å². The zero-order valence-electron chi connectivity index (χ0n) is 11.7. The second-order valence-corrected chi connectivity index (χ2v) is 4.90. The number of hydrogen-bond acceptors (Lipinski definition) is 3. The number of benzene rings is 1. The predicted octanol–water partition coefficient (Wildman–Crippen LogP) is 1.83.